The average molecular weight is 197 g/mol. The van der Waals surface area contributed by atoms with E-state index >= 15 is 0 Å². The number of esters is 1. The third-order valence-corrected chi connectivity index (χ3v) is 2.27. The number of rotatable bonds is 2. The smallest absolute Gasteiger partial charge is 0.346 e. The molecule has 1 N–H and O–H groups in total. The van der Waals surface area contributed by atoms with E-state index in [0.29, 0.717) is 18.7 Å². The number of aliphatic hydroxyl groups excluding tert-OH is 1. The van der Waals surface area contributed by atoms with Crippen LogP contribution in [0.5, 0.6) is 0 Å². The van der Waals surface area contributed by atoms with Crippen LogP contribution in [0.15, 0.2) is 16.3 Å². The van der Waals surface area contributed by atoms with Gasteiger partial charge in [0.2, 0.25) is 0 Å². The van der Waals surface area contributed by atoms with Gasteiger partial charge in [-0.05, 0) is 12.8 Å². The molecular weight excluding hydrogens is 186 g/mol. The van der Waals surface area contributed by atoms with Crippen LogP contribution < -0.4 is 0 Å². The Labute approximate surface area is 81.0 Å². The lowest BCUT2D eigenvalue weighted by Crippen LogP contribution is -2.13. The minimum atomic E-state index is -0.958. The lowest BCUT2D eigenvalue weighted by molar-refractivity contribution is -0.158. The van der Waals surface area contributed by atoms with Crippen LogP contribution in [0.2, 0.25) is 0 Å². The first-order valence-electron chi connectivity index (χ1n) is 4.44. The summed E-state index contributed by atoms with van der Waals surface area (Å²) in [5.74, 6) is -0.701. The number of aliphatic hydroxyl groups is 1. The summed E-state index contributed by atoms with van der Waals surface area (Å²) < 4.78 is 9.56. The van der Waals surface area contributed by atoms with Gasteiger partial charge in [-0.2, -0.15) is 0 Å². The van der Waals surface area contributed by atoms with E-state index in [1.165, 1.54) is 7.11 Å². The molecule has 2 heterocycles. The van der Waals surface area contributed by atoms with Crippen LogP contribution >= 0.6 is 0 Å². The summed E-state index contributed by atoms with van der Waals surface area (Å²) >= 11 is 0. The third-order valence-electron chi connectivity index (χ3n) is 2.27. The summed E-state index contributed by atoms with van der Waals surface area (Å²) in [4.78, 5) is 15.5. The summed E-state index contributed by atoms with van der Waals surface area (Å²) in [7, 11) is 1.37. The number of carbonyl (C=O) groups excluding carboxylic acids is 1. The number of hydrogen-bond donors (Lipinski definition) is 1. The number of ether oxygens (including phenoxy) is 2. The topological polar surface area (TPSA) is 68.1 Å². The van der Waals surface area contributed by atoms with Crippen molar-refractivity contribution in [3.8, 4) is 0 Å². The molecule has 1 atom stereocenters. The molecule has 0 saturated heterocycles. The number of nitrogens with zero attached hydrogens (tertiary/aromatic N) is 1. The van der Waals surface area contributed by atoms with E-state index in [-0.39, 0.29) is 11.3 Å². The lowest BCUT2D eigenvalue weighted by Gasteiger charge is -2.05. The fourth-order valence-corrected chi connectivity index (χ4v) is 1.60. The van der Waals surface area contributed by atoms with Crippen molar-refractivity contribution in [2.75, 3.05) is 13.7 Å². The van der Waals surface area contributed by atoms with Crippen LogP contribution in [0, 0.1) is 0 Å². The van der Waals surface area contributed by atoms with Gasteiger partial charge in [0.1, 0.15) is 5.57 Å². The molecule has 14 heavy (non-hydrogen) atoms. The van der Waals surface area contributed by atoms with Gasteiger partial charge in [0.05, 0.1) is 5.71 Å². The van der Waals surface area contributed by atoms with Gasteiger partial charge in [-0.25, -0.2) is 4.79 Å². The highest BCUT2D eigenvalue weighted by Gasteiger charge is 2.37. The number of methoxy groups -OCH3 is 1. The molecule has 76 valence electrons. The molecule has 5 heteroatoms. The molecule has 0 aromatic rings. The van der Waals surface area contributed by atoms with Crippen LogP contribution in [-0.4, -0.2) is 36.7 Å². The van der Waals surface area contributed by atoms with Gasteiger partial charge in [0.15, 0.2) is 5.76 Å². The third kappa shape index (κ3) is 1.29. The van der Waals surface area contributed by atoms with E-state index in [1.54, 1.807) is 0 Å². The van der Waals surface area contributed by atoms with E-state index in [0.717, 1.165) is 6.42 Å². The van der Waals surface area contributed by atoms with Crippen molar-refractivity contribution in [1.82, 2.24) is 0 Å². The molecule has 0 aliphatic carbocycles. The van der Waals surface area contributed by atoms with Gasteiger partial charge >= 0.3 is 5.97 Å². The second-order valence-corrected chi connectivity index (χ2v) is 3.17. The molecule has 2 aliphatic rings. The maximum atomic E-state index is 11.3. The first-order chi connectivity index (χ1) is 6.74. The van der Waals surface area contributed by atoms with Crippen LogP contribution in [-0.2, 0) is 14.3 Å². The van der Waals surface area contributed by atoms with E-state index in [2.05, 4.69) is 4.99 Å². The van der Waals surface area contributed by atoms with Crippen molar-refractivity contribution >= 4 is 11.7 Å². The molecule has 0 amide bonds. The van der Waals surface area contributed by atoms with Gasteiger partial charge in [-0.3, -0.25) is 4.99 Å². The summed E-state index contributed by atoms with van der Waals surface area (Å²) in [6.45, 7) is 0.705. The van der Waals surface area contributed by atoms with E-state index in [4.69, 9.17) is 9.47 Å². The Balaban J connectivity index is 2.31. The molecule has 2 aliphatic heterocycles. The molecule has 0 aromatic carbocycles. The summed E-state index contributed by atoms with van der Waals surface area (Å²) in [6.07, 6.45) is 0.669. The predicted molar refractivity (Wildman–Crippen MR) is 48.1 cm³/mol. The van der Waals surface area contributed by atoms with Crippen LogP contribution in [0.1, 0.15) is 12.8 Å². The van der Waals surface area contributed by atoms with Crippen molar-refractivity contribution in [3.63, 3.8) is 0 Å². The molecule has 0 unspecified atom stereocenters. The minimum absolute atomic E-state index is 0.154. The summed E-state index contributed by atoms with van der Waals surface area (Å²) in [6, 6.07) is 0. The Morgan fingerprint density at radius 2 is 2.43 bits per heavy atom. The number of aliphatic imine (C=N–C) groups is 1. The van der Waals surface area contributed by atoms with E-state index < -0.39 is 12.3 Å². The zero-order chi connectivity index (χ0) is 10.1. The lowest BCUT2D eigenvalue weighted by atomic mass is 10.1. The maximum Gasteiger partial charge on any atom is 0.346 e. The maximum absolute atomic E-state index is 11.3. The van der Waals surface area contributed by atoms with Gasteiger partial charge in [0.25, 0.3) is 6.29 Å². The number of hydrogen-bond acceptors (Lipinski definition) is 5. The van der Waals surface area contributed by atoms with Crippen molar-refractivity contribution < 1.29 is 19.4 Å². The monoisotopic (exact) mass is 197 g/mol. The summed E-state index contributed by atoms with van der Waals surface area (Å²) in [5.41, 5.74) is 0.821. The van der Waals surface area contributed by atoms with Gasteiger partial charge in [-0.1, -0.05) is 0 Å². The Kier molecular flexibility index (Phi) is 2.25. The molecule has 2 rings (SSSR count). The minimum Gasteiger partial charge on any atom is -0.505 e. The molecule has 5 nitrogen and oxygen atoms in total. The second kappa shape index (κ2) is 3.42. The zero-order valence-corrected chi connectivity index (χ0v) is 7.82. The van der Waals surface area contributed by atoms with E-state index in [1.807, 2.05) is 0 Å². The molecule has 0 spiro atoms. The highest BCUT2D eigenvalue weighted by atomic mass is 16.7. The molecule has 0 aromatic heterocycles. The number of cyclic esters (lactones) is 1. The number of carbonyl (C=O) groups is 1. The SMILES string of the molecule is CO[C@H]1OC(=O)C(C2=NCCC2)=C1O. The normalized spacial score (nSPS) is 26.8. The average Bonchev–Trinajstić information content (AvgIpc) is 2.74. The first kappa shape index (κ1) is 9.21. The van der Waals surface area contributed by atoms with Crippen LogP contribution in [0.4, 0.5) is 0 Å². The first-order valence-corrected chi connectivity index (χ1v) is 4.44. The Morgan fingerprint density at radius 1 is 1.64 bits per heavy atom. The zero-order valence-electron chi connectivity index (χ0n) is 7.82. The summed E-state index contributed by atoms with van der Waals surface area (Å²) in [5, 5.41) is 9.61. The largest absolute Gasteiger partial charge is 0.505 e. The fourth-order valence-electron chi connectivity index (χ4n) is 1.60. The molecule has 0 saturated carbocycles. The molecular formula is C9H11NO4. The Bertz CT molecular complexity index is 332. The van der Waals surface area contributed by atoms with Crippen LogP contribution in [0.3, 0.4) is 0 Å². The van der Waals surface area contributed by atoms with Crippen molar-refractivity contribution in [3.05, 3.63) is 11.3 Å². The standard InChI is InChI=1S/C9H11NO4/c1-13-9-7(11)6(8(12)14-9)5-3-2-4-10-5/h9,11H,2-4H2,1H3/t9-/m0/s1. The molecule has 0 bridgehead atoms. The van der Waals surface area contributed by atoms with Crippen molar-refractivity contribution in [2.24, 2.45) is 4.99 Å². The predicted octanol–water partition coefficient (Wildman–Crippen LogP) is 0.563. The van der Waals surface area contributed by atoms with Gasteiger partial charge in [0, 0.05) is 13.7 Å². The van der Waals surface area contributed by atoms with Crippen molar-refractivity contribution in [2.45, 2.75) is 19.1 Å². The van der Waals surface area contributed by atoms with Crippen LogP contribution in [0.25, 0.3) is 0 Å². The second-order valence-electron chi connectivity index (χ2n) is 3.17. The van der Waals surface area contributed by atoms with E-state index in [9.17, 15) is 9.90 Å². The highest BCUT2D eigenvalue weighted by Crippen LogP contribution is 2.25. The Hall–Kier alpha value is -1.36. The Morgan fingerprint density at radius 3 is 2.93 bits per heavy atom. The molecule has 0 fully saturated rings. The van der Waals surface area contributed by atoms with Crippen molar-refractivity contribution in [1.29, 1.82) is 0 Å². The van der Waals surface area contributed by atoms with Gasteiger partial charge < -0.3 is 14.6 Å². The fraction of sp³-hybridized carbons (Fsp3) is 0.556. The quantitative estimate of drug-likeness (QED) is 0.657. The molecule has 0 radical (unpaired) electrons. The van der Waals surface area contributed by atoms with Gasteiger partial charge in [-0.15, -0.1) is 0 Å². The highest BCUT2D eigenvalue weighted by molar-refractivity contribution is 6.21.